The van der Waals surface area contributed by atoms with Gasteiger partial charge in [-0.05, 0) is 12.1 Å². The first-order chi connectivity index (χ1) is 9.70. The van der Waals surface area contributed by atoms with E-state index in [0.29, 0.717) is 23.0 Å². The summed E-state index contributed by atoms with van der Waals surface area (Å²) in [5, 5.41) is 21.9. The zero-order valence-electron chi connectivity index (χ0n) is 10.7. The van der Waals surface area contributed by atoms with Crippen molar-refractivity contribution in [3.05, 3.63) is 47.1 Å². The number of para-hydroxylation sites is 1. The summed E-state index contributed by atoms with van der Waals surface area (Å²) in [4.78, 5) is 4.08. The van der Waals surface area contributed by atoms with Crippen LogP contribution >= 0.6 is 11.6 Å². The smallest absolute Gasteiger partial charge is 0.213 e. The molecule has 2 aromatic rings. The zero-order valence-corrected chi connectivity index (χ0v) is 11.5. The number of hydrogen-bond acceptors (Lipinski definition) is 5. The maximum absolute atomic E-state index is 9.79. The third-order valence-electron chi connectivity index (χ3n) is 2.63. The first-order valence-corrected chi connectivity index (χ1v) is 6.48. The molecule has 1 heterocycles. The van der Waals surface area contributed by atoms with Gasteiger partial charge in [0, 0.05) is 18.2 Å². The third kappa shape index (κ3) is 3.76. The topological polar surface area (TPSA) is 74.6 Å². The number of nitrogens with one attached hydrogen (secondary N) is 1. The Bertz CT molecular complexity index is 561. The summed E-state index contributed by atoms with van der Waals surface area (Å²) in [5.74, 6) is 0.535. The number of pyridine rings is 1. The number of ether oxygens (including phenoxy) is 1. The lowest BCUT2D eigenvalue weighted by atomic mass is 10.2. The van der Waals surface area contributed by atoms with Gasteiger partial charge in [0.15, 0.2) is 0 Å². The van der Waals surface area contributed by atoms with E-state index in [1.165, 1.54) is 0 Å². The minimum Gasteiger partial charge on any atom is -0.506 e. The molecule has 5 nitrogen and oxygen atoms in total. The number of halogens is 1. The molecule has 0 unspecified atom stereocenters. The summed E-state index contributed by atoms with van der Waals surface area (Å²) < 4.78 is 5.16. The first-order valence-electron chi connectivity index (χ1n) is 6.10. The first kappa shape index (κ1) is 14.4. The highest BCUT2D eigenvalue weighted by molar-refractivity contribution is 6.32. The Kier molecular flexibility index (Phi) is 5.03. The second-order valence-electron chi connectivity index (χ2n) is 4.06. The lowest BCUT2D eigenvalue weighted by molar-refractivity contribution is 0.196. The van der Waals surface area contributed by atoms with Crippen molar-refractivity contribution in [2.24, 2.45) is 0 Å². The van der Waals surface area contributed by atoms with E-state index in [1.54, 1.807) is 36.5 Å². The zero-order chi connectivity index (χ0) is 14.4. The van der Waals surface area contributed by atoms with Crippen LogP contribution < -0.4 is 10.1 Å². The van der Waals surface area contributed by atoms with Crippen LogP contribution in [-0.4, -0.2) is 28.4 Å². The summed E-state index contributed by atoms with van der Waals surface area (Å²) in [6, 6.07) is 8.72. The molecule has 1 aromatic heterocycles. The fourth-order valence-corrected chi connectivity index (χ4v) is 1.81. The Hall–Kier alpha value is -1.98. The van der Waals surface area contributed by atoms with Crippen LogP contribution in [0.25, 0.3) is 0 Å². The lowest BCUT2D eigenvalue weighted by Gasteiger charge is -2.09. The molecule has 6 heteroatoms. The fraction of sp³-hybridized carbons (Fsp3) is 0.214. The van der Waals surface area contributed by atoms with Crippen molar-refractivity contribution in [1.82, 2.24) is 4.98 Å². The monoisotopic (exact) mass is 294 g/mol. The number of nitrogens with zero attached hydrogens (tertiary/aromatic N) is 1. The Morgan fingerprint density at radius 1 is 1.25 bits per heavy atom. The number of aromatic nitrogens is 1. The van der Waals surface area contributed by atoms with Crippen molar-refractivity contribution in [1.29, 1.82) is 0 Å². The molecule has 0 fully saturated rings. The van der Waals surface area contributed by atoms with Gasteiger partial charge in [-0.2, -0.15) is 0 Å². The molecular formula is C14H15ClN2O3. The number of hydrogen-bond donors (Lipinski definition) is 3. The molecule has 0 aliphatic rings. The van der Waals surface area contributed by atoms with E-state index in [2.05, 4.69) is 10.3 Å². The van der Waals surface area contributed by atoms with Gasteiger partial charge in [-0.3, -0.25) is 0 Å². The highest BCUT2D eigenvalue weighted by Crippen LogP contribution is 2.27. The van der Waals surface area contributed by atoms with Crippen molar-refractivity contribution in [2.75, 3.05) is 18.5 Å². The molecule has 0 atom stereocenters. The van der Waals surface area contributed by atoms with E-state index in [4.69, 9.17) is 21.4 Å². The third-order valence-corrected chi connectivity index (χ3v) is 2.94. The molecule has 20 heavy (non-hydrogen) atoms. The predicted molar refractivity (Wildman–Crippen MR) is 77.3 cm³/mol. The molecule has 2 rings (SSSR count). The Labute approximate surface area is 121 Å². The van der Waals surface area contributed by atoms with Gasteiger partial charge in [-0.25, -0.2) is 4.98 Å². The molecule has 3 N–H and O–H groups in total. The molecule has 1 aromatic carbocycles. The van der Waals surface area contributed by atoms with E-state index < -0.39 is 0 Å². The molecule has 0 aliphatic heterocycles. The van der Waals surface area contributed by atoms with Crippen LogP contribution in [0.3, 0.4) is 0 Å². The number of rotatable bonds is 6. The molecule has 0 amide bonds. The van der Waals surface area contributed by atoms with E-state index in [1.807, 2.05) is 0 Å². The molecular weight excluding hydrogens is 280 g/mol. The quantitative estimate of drug-likeness (QED) is 0.763. The Morgan fingerprint density at radius 2 is 2.10 bits per heavy atom. The summed E-state index contributed by atoms with van der Waals surface area (Å²) in [6.07, 6.45) is 1.62. The van der Waals surface area contributed by atoms with Crippen LogP contribution in [-0.2, 0) is 6.54 Å². The predicted octanol–water partition coefficient (Wildman–Crippen LogP) is 2.42. The van der Waals surface area contributed by atoms with Gasteiger partial charge in [0.2, 0.25) is 5.88 Å². The van der Waals surface area contributed by atoms with Gasteiger partial charge in [0.1, 0.15) is 12.4 Å². The number of aliphatic hydroxyl groups is 1. The van der Waals surface area contributed by atoms with Crippen molar-refractivity contribution in [3.8, 4) is 11.6 Å². The van der Waals surface area contributed by atoms with Gasteiger partial charge < -0.3 is 20.3 Å². The van der Waals surface area contributed by atoms with Crippen LogP contribution in [0.1, 0.15) is 5.56 Å². The van der Waals surface area contributed by atoms with Gasteiger partial charge in [-0.15, -0.1) is 0 Å². The summed E-state index contributed by atoms with van der Waals surface area (Å²) in [5.41, 5.74) is 1.50. The normalized spacial score (nSPS) is 10.3. The van der Waals surface area contributed by atoms with Gasteiger partial charge in [-0.1, -0.05) is 23.7 Å². The number of aromatic hydroxyl groups is 1. The van der Waals surface area contributed by atoms with Crippen LogP contribution in [0, 0.1) is 0 Å². The number of phenols is 1. The van der Waals surface area contributed by atoms with Crippen LogP contribution in [0.4, 0.5) is 5.69 Å². The molecule has 106 valence electrons. The summed E-state index contributed by atoms with van der Waals surface area (Å²) >= 11 is 5.84. The van der Waals surface area contributed by atoms with Crippen LogP contribution in [0.5, 0.6) is 11.6 Å². The molecule has 0 aliphatic carbocycles. The fourth-order valence-electron chi connectivity index (χ4n) is 1.62. The summed E-state index contributed by atoms with van der Waals surface area (Å²) in [6.45, 7) is 0.608. The lowest BCUT2D eigenvalue weighted by Crippen LogP contribution is -2.04. The van der Waals surface area contributed by atoms with Crippen molar-refractivity contribution in [2.45, 2.75) is 6.54 Å². The maximum atomic E-state index is 9.79. The van der Waals surface area contributed by atoms with Gasteiger partial charge >= 0.3 is 0 Å². The van der Waals surface area contributed by atoms with E-state index in [-0.39, 0.29) is 19.0 Å². The average Bonchev–Trinajstić information content (AvgIpc) is 2.48. The number of benzene rings is 1. The second kappa shape index (κ2) is 6.98. The minimum atomic E-state index is -0.0459. The van der Waals surface area contributed by atoms with E-state index in [0.717, 1.165) is 5.69 Å². The van der Waals surface area contributed by atoms with Crippen LogP contribution in [0.15, 0.2) is 36.5 Å². The molecule has 0 spiro atoms. The minimum absolute atomic E-state index is 0.0459. The number of phenolic OH excluding ortho intramolecular Hbond substituents is 1. The van der Waals surface area contributed by atoms with Gasteiger partial charge in [0.05, 0.1) is 23.5 Å². The Balaban J connectivity index is 1.95. The summed E-state index contributed by atoms with van der Waals surface area (Å²) in [7, 11) is 0. The van der Waals surface area contributed by atoms with E-state index >= 15 is 0 Å². The van der Waals surface area contributed by atoms with Crippen LogP contribution in [0.2, 0.25) is 5.02 Å². The molecule has 0 bridgehead atoms. The average molecular weight is 295 g/mol. The largest absolute Gasteiger partial charge is 0.506 e. The molecule has 0 saturated heterocycles. The number of aliphatic hydroxyl groups excluding tert-OH is 1. The number of anilines is 1. The second-order valence-corrected chi connectivity index (χ2v) is 4.47. The van der Waals surface area contributed by atoms with E-state index in [9.17, 15) is 5.11 Å². The standard InChI is InChI=1S/C14H15ClN2O3/c15-12-3-1-2-10(14(12)19)8-16-11-4-5-13(17-9-11)20-7-6-18/h1-5,9,16,18-19H,6-8H2. The molecule has 0 saturated carbocycles. The van der Waals surface area contributed by atoms with Crippen molar-refractivity contribution in [3.63, 3.8) is 0 Å². The molecule has 0 radical (unpaired) electrons. The highest BCUT2D eigenvalue weighted by Gasteiger charge is 2.05. The maximum Gasteiger partial charge on any atom is 0.213 e. The Morgan fingerprint density at radius 3 is 2.80 bits per heavy atom. The van der Waals surface area contributed by atoms with Crippen molar-refractivity contribution >= 4 is 17.3 Å². The SMILES string of the molecule is OCCOc1ccc(NCc2cccc(Cl)c2O)cn1. The highest BCUT2D eigenvalue weighted by atomic mass is 35.5. The van der Waals surface area contributed by atoms with Gasteiger partial charge in [0.25, 0.3) is 0 Å². The van der Waals surface area contributed by atoms with Crippen molar-refractivity contribution < 1.29 is 14.9 Å².